The largest absolute Gasteiger partial charge is 0.496 e. The van der Waals surface area contributed by atoms with Gasteiger partial charge in [0, 0.05) is 4.47 Å². The van der Waals surface area contributed by atoms with Crippen LogP contribution >= 0.6 is 15.9 Å². The second-order valence-electron chi connectivity index (χ2n) is 6.37. The molecule has 3 aromatic rings. The third kappa shape index (κ3) is 5.55. The number of rotatable bonds is 6. The van der Waals surface area contributed by atoms with Crippen molar-refractivity contribution in [2.75, 3.05) is 7.11 Å². The molecule has 0 aliphatic heterocycles. The van der Waals surface area contributed by atoms with E-state index in [1.165, 1.54) is 13.3 Å². The predicted molar refractivity (Wildman–Crippen MR) is 118 cm³/mol. The summed E-state index contributed by atoms with van der Waals surface area (Å²) in [6.45, 7) is 1.92. The molecule has 30 heavy (non-hydrogen) atoms. The maximum atomic E-state index is 12.3. The molecule has 0 heterocycles. The van der Waals surface area contributed by atoms with Gasteiger partial charge in [-0.1, -0.05) is 22.0 Å². The first-order valence-corrected chi connectivity index (χ1v) is 9.81. The van der Waals surface area contributed by atoms with Crippen molar-refractivity contribution in [3.05, 3.63) is 93.5 Å². The van der Waals surface area contributed by atoms with Gasteiger partial charge in [0.15, 0.2) is 0 Å². The molecule has 1 N–H and O–H groups in total. The van der Waals surface area contributed by atoms with E-state index in [0.29, 0.717) is 22.6 Å². The van der Waals surface area contributed by atoms with E-state index in [-0.39, 0.29) is 5.91 Å². The van der Waals surface area contributed by atoms with Crippen LogP contribution in [0.15, 0.2) is 76.3 Å². The second kappa shape index (κ2) is 9.84. The van der Waals surface area contributed by atoms with Crippen LogP contribution in [-0.4, -0.2) is 25.2 Å². The molecule has 0 radical (unpaired) electrons. The topological polar surface area (TPSA) is 77.0 Å². The first-order valence-electron chi connectivity index (χ1n) is 9.02. The zero-order valence-electron chi connectivity index (χ0n) is 16.4. The minimum atomic E-state index is -0.441. The maximum Gasteiger partial charge on any atom is 0.343 e. The highest BCUT2D eigenvalue weighted by Gasteiger charge is 2.11. The summed E-state index contributed by atoms with van der Waals surface area (Å²) in [6, 6.07) is 19.0. The van der Waals surface area contributed by atoms with Crippen molar-refractivity contribution >= 4 is 34.0 Å². The van der Waals surface area contributed by atoms with E-state index in [4.69, 9.17) is 9.47 Å². The molecule has 7 heteroatoms. The van der Waals surface area contributed by atoms with Gasteiger partial charge in [-0.25, -0.2) is 10.2 Å². The molecule has 0 aromatic heterocycles. The Morgan fingerprint density at radius 2 is 1.70 bits per heavy atom. The molecule has 0 atom stereocenters. The Morgan fingerprint density at radius 1 is 1.00 bits per heavy atom. The van der Waals surface area contributed by atoms with Crippen LogP contribution in [0.3, 0.4) is 0 Å². The quantitative estimate of drug-likeness (QED) is 0.246. The van der Waals surface area contributed by atoms with E-state index >= 15 is 0 Å². The van der Waals surface area contributed by atoms with E-state index in [1.807, 2.05) is 13.0 Å². The molecular weight excluding hydrogens is 448 g/mol. The van der Waals surface area contributed by atoms with Crippen molar-refractivity contribution in [3.8, 4) is 11.5 Å². The van der Waals surface area contributed by atoms with Gasteiger partial charge >= 0.3 is 5.97 Å². The number of halogens is 1. The molecular formula is C23H19BrN2O4. The fourth-order valence-corrected chi connectivity index (χ4v) is 2.85. The first-order chi connectivity index (χ1) is 14.5. The molecule has 3 rings (SSSR count). The Morgan fingerprint density at radius 3 is 2.37 bits per heavy atom. The molecule has 0 aliphatic rings. The second-order valence-corrected chi connectivity index (χ2v) is 7.28. The van der Waals surface area contributed by atoms with Gasteiger partial charge in [0.25, 0.3) is 5.91 Å². The summed E-state index contributed by atoms with van der Waals surface area (Å²) >= 11 is 3.33. The molecule has 0 spiro atoms. The average molecular weight is 467 g/mol. The number of benzene rings is 3. The fraction of sp³-hybridized carbons (Fsp3) is 0.0870. The van der Waals surface area contributed by atoms with Gasteiger partial charge in [-0.05, 0) is 78.7 Å². The van der Waals surface area contributed by atoms with Crippen molar-refractivity contribution < 1.29 is 19.1 Å². The van der Waals surface area contributed by atoms with Crippen LogP contribution in [0.2, 0.25) is 0 Å². The van der Waals surface area contributed by atoms with Crippen LogP contribution in [-0.2, 0) is 0 Å². The third-order valence-corrected chi connectivity index (χ3v) is 4.68. The van der Waals surface area contributed by atoms with Gasteiger partial charge < -0.3 is 9.47 Å². The monoisotopic (exact) mass is 466 g/mol. The van der Waals surface area contributed by atoms with Crippen LogP contribution < -0.4 is 14.9 Å². The molecule has 3 aromatic carbocycles. The maximum absolute atomic E-state index is 12.3. The number of hydrazone groups is 1. The molecule has 0 bridgehead atoms. The zero-order chi connectivity index (χ0) is 21.5. The lowest BCUT2D eigenvalue weighted by Crippen LogP contribution is -2.18. The van der Waals surface area contributed by atoms with E-state index < -0.39 is 5.97 Å². The normalized spacial score (nSPS) is 10.6. The SMILES string of the molecule is COc1cc(C)ccc1C(=O)N/N=C/c1ccc(OC(=O)c2ccc(Br)cc2)cc1. The standard InChI is InChI=1S/C23H19BrN2O4/c1-15-3-12-20(21(13-15)29-2)22(27)26-25-14-16-4-10-19(11-5-16)30-23(28)17-6-8-18(24)9-7-17/h3-14H,1-2H3,(H,26,27)/b25-14+. The minimum Gasteiger partial charge on any atom is -0.496 e. The minimum absolute atomic E-state index is 0.372. The lowest BCUT2D eigenvalue weighted by Gasteiger charge is -2.07. The number of carbonyl (C=O) groups is 2. The van der Waals surface area contributed by atoms with Gasteiger partial charge in [-0.3, -0.25) is 4.79 Å². The molecule has 6 nitrogen and oxygen atoms in total. The number of ether oxygens (including phenoxy) is 2. The van der Waals surface area contributed by atoms with Gasteiger partial charge in [-0.15, -0.1) is 0 Å². The van der Waals surface area contributed by atoms with Crippen molar-refractivity contribution in [2.24, 2.45) is 5.10 Å². The highest BCUT2D eigenvalue weighted by atomic mass is 79.9. The van der Waals surface area contributed by atoms with Crippen LogP contribution in [0.1, 0.15) is 31.8 Å². The number of aryl methyl sites for hydroxylation is 1. The number of methoxy groups -OCH3 is 1. The van der Waals surface area contributed by atoms with E-state index in [1.54, 1.807) is 60.7 Å². The van der Waals surface area contributed by atoms with E-state index in [0.717, 1.165) is 15.6 Å². The highest BCUT2D eigenvalue weighted by Crippen LogP contribution is 2.20. The lowest BCUT2D eigenvalue weighted by atomic mass is 10.1. The lowest BCUT2D eigenvalue weighted by molar-refractivity contribution is 0.0734. The number of esters is 1. The fourth-order valence-electron chi connectivity index (χ4n) is 2.59. The third-order valence-electron chi connectivity index (χ3n) is 4.15. The van der Waals surface area contributed by atoms with Crippen LogP contribution in [0.5, 0.6) is 11.5 Å². The summed E-state index contributed by atoms with van der Waals surface area (Å²) in [5, 5.41) is 3.97. The summed E-state index contributed by atoms with van der Waals surface area (Å²) in [5.74, 6) is 0.0829. The van der Waals surface area contributed by atoms with Crippen LogP contribution in [0.25, 0.3) is 0 Å². The molecule has 0 unspecified atom stereocenters. The van der Waals surface area contributed by atoms with Gasteiger partial charge in [0.2, 0.25) is 0 Å². The van der Waals surface area contributed by atoms with Crippen molar-refractivity contribution in [2.45, 2.75) is 6.92 Å². The molecule has 0 saturated heterocycles. The van der Waals surface area contributed by atoms with Crippen molar-refractivity contribution in [1.29, 1.82) is 0 Å². The first kappa shape index (κ1) is 21.3. The van der Waals surface area contributed by atoms with Gasteiger partial charge in [0.05, 0.1) is 24.5 Å². The number of hydrogen-bond acceptors (Lipinski definition) is 5. The van der Waals surface area contributed by atoms with Crippen molar-refractivity contribution in [1.82, 2.24) is 5.43 Å². The van der Waals surface area contributed by atoms with E-state index in [2.05, 4.69) is 26.5 Å². The Kier molecular flexibility index (Phi) is 6.98. The number of hydrogen-bond donors (Lipinski definition) is 1. The summed E-state index contributed by atoms with van der Waals surface area (Å²) in [6.07, 6.45) is 1.50. The van der Waals surface area contributed by atoms with Gasteiger partial charge in [0.1, 0.15) is 11.5 Å². The Hall–Kier alpha value is -3.45. The molecule has 152 valence electrons. The number of nitrogens with one attached hydrogen (secondary N) is 1. The molecule has 1 amide bonds. The van der Waals surface area contributed by atoms with E-state index in [9.17, 15) is 9.59 Å². The van der Waals surface area contributed by atoms with Gasteiger partial charge in [-0.2, -0.15) is 5.10 Å². The van der Waals surface area contributed by atoms with Crippen molar-refractivity contribution in [3.63, 3.8) is 0 Å². The summed E-state index contributed by atoms with van der Waals surface area (Å²) in [5.41, 5.74) is 5.06. The Balaban J connectivity index is 1.59. The molecule has 0 aliphatic carbocycles. The Bertz CT molecular complexity index is 1080. The predicted octanol–water partition coefficient (Wildman–Crippen LogP) is 4.75. The average Bonchev–Trinajstić information content (AvgIpc) is 2.75. The molecule has 0 fully saturated rings. The molecule has 0 saturated carbocycles. The smallest absolute Gasteiger partial charge is 0.343 e. The Labute approximate surface area is 182 Å². The highest BCUT2D eigenvalue weighted by molar-refractivity contribution is 9.10. The number of carbonyl (C=O) groups excluding carboxylic acids is 2. The zero-order valence-corrected chi connectivity index (χ0v) is 18.0. The van der Waals surface area contributed by atoms with Crippen LogP contribution in [0, 0.1) is 6.92 Å². The number of amides is 1. The number of nitrogens with zero attached hydrogens (tertiary/aromatic N) is 1. The summed E-state index contributed by atoms with van der Waals surface area (Å²) in [4.78, 5) is 24.4. The summed E-state index contributed by atoms with van der Waals surface area (Å²) in [7, 11) is 1.51. The summed E-state index contributed by atoms with van der Waals surface area (Å²) < 4.78 is 11.5. The van der Waals surface area contributed by atoms with Crippen LogP contribution in [0.4, 0.5) is 0 Å².